The Hall–Kier alpha value is 4.33. The average molecular weight is 1620 g/mol. The summed E-state index contributed by atoms with van der Waals surface area (Å²) in [6, 6.07) is 28.8. The summed E-state index contributed by atoms with van der Waals surface area (Å²) in [4.78, 5) is 0. The Kier molecular flexibility index (Phi) is 44.2. The zero-order valence-corrected chi connectivity index (χ0v) is 71.3. The predicted molar refractivity (Wildman–Crippen MR) is 400 cm³/mol. The van der Waals surface area contributed by atoms with Crippen LogP contribution in [0.2, 0.25) is 0 Å². The molecule has 3 N–H and O–H groups in total. The van der Waals surface area contributed by atoms with Gasteiger partial charge in [0.1, 0.15) is 60.9 Å². The van der Waals surface area contributed by atoms with E-state index in [1.165, 1.54) is 116 Å². The Morgan fingerprint density at radius 1 is 0.379 bits per heavy atom. The molecule has 0 bridgehead atoms. The standard InChI is InChI=1S/3C18H28P2.3C4H8O.9ClH.3Cr/c3*1-13-9-10-14(2)19(13)17-7-5-6-8-18(17)20-15(3)11-12-16(20)4;3*1-2-4-5-3-1;;;;;;;;;;;;/h3*5-8,13-16H,9-12H2,1-4H3;3*1-4H2;9*1H;;;/q;;;;;;;;;;;;;;;+2;+3;+4/t3*13-,14-,15-,16-;;;;;;;;;;;;;;;/m000.............../s1. The molecule has 12 rings (SSSR count). The van der Waals surface area contributed by atoms with E-state index in [1.54, 1.807) is 10.6 Å². The number of rotatable bonds is 6. The van der Waals surface area contributed by atoms with Crippen molar-refractivity contribution in [2.45, 2.75) is 267 Å². The molecular formula is C66H117Cl9Cr3O3P6+9. The molecule has 0 spiro atoms. The van der Waals surface area contributed by atoms with E-state index in [4.69, 9.17) is 70.3 Å². The Labute approximate surface area is 590 Å². The third-order valence-corrected chi connectivity index (χ3v) is 41.9. The van der Waals surface area contributed by atoms with Crippen molar-refractivity contribution < 1.29 is 68.5 Å². The van der Waals surface area contributed by atoms with E-state index in [2.05, 4.69) is 190 Å². The van der Waals surface area contributed by atoms with Gasteiger partial charge in [0.25, 0.3) is 0 Å². The zero-order chi connectivity index (χ0) is 64.2. The molecule has 3 nitrogen and oxygen atoms in total. The number of hydrogen-bond acceptors (Lipinski definition) is 0. The second-order valence-corrected chi connectivity index (χ2v) is 67.9. The first-order chi connectivity index (χ1) is 41.4. The second-order valence-electron chi connectivity index (χ2n) is 26.0. The van der Waals surface area contributed by atoms with Crippen molar-refractivity contribution in [1.29, 1.82) is 0 Å². The number of hydrogen-bond donors (Lipinski definition) is 0. The monoisotopic (exact) mass is 1610 g/mol. The normalized spacial score (nSPS) is 30.3. The molecule has 501 valence electrons. The fourth-order valence-electron chi connectivity index (χ4n) is 15.2. The van der Waals surface area contributed by atoms with Gasteiger partial charge in [0.2, 0.25) is 0 Å². The minimum atomic E-state index is -2.64. The Bertz CT molecular complexity index is 1860. The SMILES string of the molecule is C1CC[OH+]C1.C1CC[OH+]C1.C1CC[OH+]C1.C[C@H]1CC[C@H](C)P1c1ccccc1P1[C@@H](C)CC[C@@H]1C.C[C@H]1CC[C@H](C)[PH+]1c1ccccc1[PH+]1[C@@H](C)CC[C@@H]1C.C[C@H]1CC[C@H](C)[PH+]1c1ccccc1[PH+]1[C@@H](C)CC[C@@H]1C.[Cl][Cr]([Cl])([ClH+])[ClH+].[Cl][Cr]([Cl])[Cl].[Cl][Cr][Cl]. The van der Waals surface area contributed by atoms with Crippen LogP contribution in [0, 0.1) is 20.1 Å². The summed E-state index contributed by atoms with van der Waals surface area (Å²) in [5.41, 5.74) is 11.6. The van der Waals surface area contributed by atoms with E-state index in [-0.39, 0.29) is 60.9 Å². The van der Waals surface area contributed by atoms with Crippen LogP contribution in [0.25, 0.3) is 0 Å². The Balaban J connectivity index is 0.000000230. The van der Waals surface area contributed by atoms with Crippen molar-refractivity contribution in [2.24, 2.45) is 0 Å². The molecule has 3 aromatic rings. The van der Waals surface area contributed by atoms with E-state index >= 15 is 0 Å². The molecule has 21 heteroatoms. The van der Waals surface area contributed by atoms with Gasteiger partial charge in [0.15, 0.2) is 0 Å². The Morgan fingerprint density at radius 3 is 0.690 bits per heavy atom. The third kappa shape index (κ3) is 29.6. The van der Waals surface area contributed by atoms with E-state index < -0.39 is 20.8 Å². The molecule has 12 atom stereocenters. The molecule has 87 heavy (non-hydrogen) atoms. The zero-order valence-electron chi connectivity index (χ0n) is 54.8. The number of halogens is 9. The maximum atomic E-state index is 5.08. The molecule has 9 aliphatic rings. The molecule has 0 amide bonds. The van der Waals surface area contributed by atoms with Crippen molar-refractivity contribution in [1.82, 2.24) is 0 Å². The molecule has 0 aliphatic carbocycles. The van der Waals surface area contributed by atoms with Gasteiger partial charge in [0.05, 0.1) is 45.3 Å². The first-order valence-corrected chi connectivity index (χ1v) is 58.6. The summed E-state index contributed by atoms with van der Waals surface area (Å²) in [7, 11) is 39.5. The number of aliphatic hydroxyl groups is 6. The Morgan fingerprint density at radius 2 is 0.540 bits per heavy atom. The first kappa shape index (κ1) is 83.7. The van der Waals surface area contributed by atoms with Gasteiger partial charge in [-0.3, -0.25) is 0 Å². The van der Waals surface area contributed by atoms with Crippen LogP contribution in [-0.4, -0.2) is 122 Å². The van der Waals surface area contributed by atoms with Gasteiger partial charge in [-0.15, -0.1) is 0 Å². The van der Waals surface area contributed by atoms with Crippen molar-refractivity contribution in [2.75, 3.05) is 39.6 Å². The minimum absolute atomic E-state index is 0.0785. The molecular weight excluding hydrogens is 1500 g/mol. The number of benzene rings is 3. The van der Waals surface area contributed by atoms with Gasteiger partial charge < -0.3 is 14.2 Å². The van der Waals surface area contributed by atoms with Crippen LogP contribution < -0.4 is 31.8 Å². The maximum absolute atomic E-state index is 5.08. The molecule has 9 aliphatic heterocycles. The molecule has 0 unspecified atom stereocenters. The van der Waals surface area contributed by atoms with Crippen LogP contribution in [0.3, 0.4) is 0 Å². The van der Waals surface area contributed by atoms with Gasteiger partial charge in [-0.1, -0.05) is 92.1 Å². The van der Waals surface area contributed by atoms with Crippen molar-refractivity contribution >= 4 is 150 Å². The van der Waals surface area contributed by atoms with Crippen LogP contribution in [0.15, 0.2) is 72.8 Å². The quantitative estimate of drug-likeness (QED) is 0.174. The van der Waals surface area contributed by atoms with Crippen LogP contribution in [0.1, 0.15) is 199 Å². The topological polar surface area (TPSA) is 38.4 Å². The van der Waals surface area contributed by atoms with Crippen LogP contribution in [0.4, 0.5) is 0 Å². The fourth-order valence-corrected chi connectivity index (χ4v) is 38.9. The van der Waals surface area contributed by atoms with Crippen molar-refractivity contribution in [3.05, 3.63) is 72.8 Å². The van der Waals surface area contributed by atoms with Crippen LogP contribution in [0.5, 0.6) is 0 Å². The molecule has 9 fully saturated rings. The summed E-state index contributed by atoms with van der Waals surface area (Å²) >= 11 is -1.81. The van der Waals surface area contributed by atoms with Crippen molar-refractivity contribution in [3.8, 4) is 0 Å². The van der Waals surface area contributed by atoms with Gasteiger partial charge in [-0.2, -0.15) is 0 Å². The number of ether oxygens (including phenoxy) is 3. The fraction of sp³-hybridized carbons (Fsp3) is 0.727. The molecule has 0 radical (unpaired) electrons. The first-order valence-electron chi connectivity index (χ1n) is 32.9. The summed E-state index contributed by atoms with van der Waals surface area (Å²) in [6.45, 7) is 36.9. The van der Waals surface area contributed by atoms with Crippen molar-refractivity contribution in [3.63, 3.8) is 0 Å². The van der Waals surface area contributed by atoms with E-state index in [1.807, 2.05) is 21.2 Å². The van der Waals surface area contributed by atoms with Gasteiger partial charge in [-0.25, -0.2) is 0 Å². The van der Waals surface area contributed by atoms with Crippen LogP contribution in [-0.2, 0) is 34.2 Å². The molecule has 9 heterocycles. The van der Waals surface area contributed by atoms with Gasteiger partial charge in [-0.05, 0) is 190 Å². The van der Waals surface area contributed by atoms with Gasteiger partial charge >= 0.3 is 125 Å². The average Bonchev–Trinajstić information content (AvgIpc) is 2.86. The van der Waals surface area contributed by atoms with E-state index in [0.29, 0.717) is 0 Å². The van der Waals surface area contributed by atoms with E-state index in [0.717, 1.165) is 108 Å². The summed E-state index contributed by atoms with van der Waals surface area (Å²) in [6.07, 6.45) is 25.5. The summed E-state index contributed by atoms with van der Waals surface area (Å²) in [5.74, 6) is 0. The molecule has 3 aromatic carbocycles. The second kappa shape index (κ2) is 45.9. The van der Waals surface area contributed by atoms with Crippen LogP contribution >= 0.6 is 118 Å². The van der Waals surface area contributed by atoms with Gasteiger partial charge in [0, 0.05) is 70.2 Å². The third-order valence-electron chi connectivity index (χ3n) is 19.5. The molecule has 0 saturated carbocycles. The summed E-state index contributed by atoms with van der Waals surface area (Å²) in [5, 5.41) is 10.9. The summed E-state index contributed by atoms with van der Waals surface area (Å²) < 4.78 is 12.2. The molecule has 0 aromatic heterocycles. The molecule has 9 saturated heterocycles. The van der Waals surface area contributed by atoms with E-state index in [9.17, 15) is 0 Å². The predicted octanol–water partition coefficient (Wildman–Crippen LogP) is 19.3.